The van der Waals surface area contributed by atoms with E-state index < -0.39 is 0 Å². The molecule has 3 aromatic rings. The Labute approximate surface area is 115 Å². The molecule has 0 radical (unpaired) electrons. The van der Waals surface area contributed by atoms with Gasteiger partial charge in [0.2, 0.25) is 0 Å². The van der Waals surface area contributed by atoms with Crippen LogP contribution >= 0.6 is 11.6 Å². The molecule has 0 bridgehead atoms. The van der Waals surface area contributed by atoms with Crippen molar-refractivity contribution in [3.05, 3.63) is 65.4 Å². The lowest BCUT2D eigenvalue weighted by atomic mass is 9.99. The number of aromatic nitrogens is 1. The highest BCUT2D eigenvalue weighted by atomic mass is 35.5. The summed E-state index contributed by atoms with van der Waals surface area (Å²) in [7, 11) is 0. The van der Waals surface area contributed by atoms with E-state index in [1.165, 1.54) is 0 Å². The largest absolute Gasteiger partial charge is 0.298 e. The van der Waals surface area contributed by atoms with Gasteiger partial charge in [0, 0.05) is 33.9 Å². The summed E-state index contributed by atoms with van der Waals surface area (Å²) in [5.41, 5.74) is 2.69. The Morgan fingerprint density at radius 2 is 1.79 bits per heavy atom. The maximum Gasteiger partial charge on any atom is 0.150 e. The third-order valence-electron chi connectivity index (χ3n) is 3.08. The van der Waals surface area contributed by atoms with Crippen molar-refractivity contribution in [1.29, 1.82) is 0 Å². The van der Waals surface area contributed by atoms with Crippen LogP contribution in [0.5, 0.6) is 0 Å². The third kappa shape index (κ3) is 2.23. The molecule has 92 valence electrons. The summed E-state index contributed by atoms with van der Waals surface area (Å²) in [6.45, 7) is 0. The maximum absolute atomic E-state index is 10.9. The number of halogens is 1. The summed E-state index contributed by atoms with van der Waals surface area (Å²) >= 11 is 5.90. The Hall–Kier alpha value is -2.19. The van der Waals surface area contributed by atoms with Crippen molar-refractivity contribution in [2.75, 3.05) is 0 Å². The van der Waals surface area contributed by atoms with E-state index in [1.807, 2.05) is 36.4 Å². The van der Waals surface area contributed by atoms with Crippen LogP contribution in [0.3, 0.4) is 0 Å². The van der Waals surface area contributed by atoms with Gasteiger partial charge in [-0.25, -0.2) is 0 Å². The average molecular weight is 268 g/mol. The van der Waals surface area contributed by atoms with E-state index in [4.69, 9.17) is 11.6 Å². The summed E-state index contributed by atoms with van der Waals surface area (Å²) in [6, 6.07) is 13.2. The quantitative estimate of drug-likeness (QED) is 0.646. The molecule has 0 aliphatic heterocycles. The smallest absolute Gasteiger partial charge is 0.150 e. The van der Waals surface area contributed by atoms with Crippen molar-refractivity contribution in [2.45, 2.75) is 0 Å². The van der Waals surface area contributed by atoms with E-state index in [9.17, 15) is 4.79 Å². The number of benzene rings is 2. The highest BCUT2D eigenvalue weighted by molar-refractivity contribution is 6.30. The summed E-state index contributed by atoms with van der Waals surface area (Å²) in [5, 5.41) is 2.73. The molecular formula is C16H10ClNO. The van der Waals surface area contributed by atoms with Gasteiger partial charge in [-0.3, -0.25) is 9.78 Å². The van der Waals surface area contributed by atoms with Crippen molar-refractivity contribution < 1.29 is 4.79 Å². The van der Waals surface area contributed by atoms with E-state index in [1.54, 1.807) is 18.5 Å². The number of nitrogens with zero attached hydrogens (tertiary/aromatic N) is 1. The number of aldehydes is 1. The van der Waals surface area contributed by atoms with Crippen molar-refractivity contribution >= 4 is 28.7 Å². The fourth-order valence-corrected chi connectivity index (χ4v) is 2.24. The second-order valence-electron chi connectivity index (χ2n) is 4.29. The molecule has 0 aliphatic carbocycles. The van der Waals surface area contributed by atoms with Crippen LogP contribution in [0, 0.1) is 0 Å². The monoisotopic (exact) mass is 267 g/mol. The fourth-order valence-electron chi connectivity index (χ4n) is 2.11. The number of carbonyl (C=O) groups excluding carboxylic acids is 1. The third-order valence-corrected chi connectivity index (χ3v) is 3.33. The van der Waals surface area contributed by atoms with Gasteiger partial charge in [-0.05, 0) is 29.1 Å². The number of rotatable bonds is 2. The Kier molecular flexibility index (Phi) is 3.02. The number of carbonyl (C=O) groups is 1. The molecular weight excluding hydrogens is 258 g/mol. The molecule has 1 aromatic heterocycles. The maximum atomic E-state index is 10.9. The van der Waals surface area contributed by atoms with Gasteiger partial charge < -0.3 is 0 Å². The van der Waals surface area contributed by atoms with Crippen LogP contribution < -0.4 is 0 Å². The van der Waals surface area contributed by atoms with Gasteiger partial charge in [0.05, 0.1) is 0 Å². The number of pyridine rings is 1. The molecule has 2 nitrogen and oxygen atoms in total. The highest BCUT2D eigenvalue weighted by Crippen LogP contribution is 2.29. The van der Waals surface area contributed by atoms with Crippen LogP contribution in [0.1, 0.15) is 10.4 Å². The molecule has 0 saturated heterocycles. The minimum atomic E-state index is 0.661. The first-order chi connectivity index (χ1) is 9.28. The molecule has 0 aliphatic rings. The van der Waals surface area contributed by atoms with Crippen molar-refractivity contribution in [2.24, 2.45) is 0 Å². The van der Waals surface area contributed by atoms with E-state index in [0.717, 1.165) is 28.2 Å². The Morgan fingerprint density at radius 1 is 1.00 bits per heavy atom. The predicted molar refractivity (Wildman–Crippen MR) is 77.6 cm³/mol. The molecule has 0 fully saturated rings. The van der Waals surface area contributed by atoms with Crippen molar-refractivity contribution in [1.82, 2.24) is 4.98 Å². The molecule has 0 saturated carbocycles. The second kappa shape index (κ2) is 4.82. The lowest BCUT2D eigenvalue weighted by Crippen LogP contribution is -1.86. The van der Waals surface area contributed by atoms with Gasteiger partial charge in [0.25, 0.3) is 0 Å². The molecule has 3 heteroatoms. The van der Waals surface area contributed by atoms with Crippen LogP contribution in [0.4, 0.5) is 0 Å². The fraction of sp³-hybridized carbons (Fsp3) is 0. The Balaban J connectivity index is 2.27. The van der Waals surface area contributed by atoms with Gasteiger partial charge in [-0.2, -0.15) is 0 Å². The van der Waals surface area contributed by atoms with E-state index >= 15 is 0 Å². The van der Waals surface area contributed by atoms with Gasteiger partial charge in [0.15, 0.2) is 0 Å². The molecule has 2 aromatic carbocycles. The molecule has 0 N–H and O–H groups in total. The first kappa shape index (κ1) is 11.9. The van der Waals surface area contributed by atoms with Gasteiger partial charge >= 0.3 is 0 Å². The first-order valence-electron chi connectivity index (χ1n) is 5.87. The summed E-state index contributed by atoms with van der Waals surface area (Å²) in [6.07, 6.45) is 4.45. The van der Waals surface area contributed by atoms with E-state index in [2.05, 4.69) is 4.98 Å². The van der Waals surface area contributed by atoms with Crippen LogP contribution in [0.2, 0.25) is 5.02 Å². The summed E-state index contributed by atoms with van der Waals surface area (Å²) in [4.78, 5) is 15.2. The van der Waals surface area contributed by atoms with Crippen LogP contribution in [-0.4, -0.2) is 11.3 Å². The zero-order chi connectivity index (χ0) is 13.2. The normalized spacial score (nSPS) is 10.6. The molecule has 1 heterocycles. The van der Waals surface area contributed by atoms with Crippen LogP contribution in [0.15, 0.2) is 54.9 Å². The molecule has 0 amide bonds. The molecule has 3 rings (SSSR count). The van der Waals surface area contributed by atoms with Gasteiger partial charge in [-0.15, -0.1) is 0 Å². The minimum absolute atomic E-state index is 0.661. The number of hydrogen-bond donors (Lipinski definition) is 0. The Bertz CT molecular complexity index is 750. The standard InChI is InChI=1S/C16H10ClNO/c17-14-5-3-12(4-6-14)16-9-18-8-13-2-1-11(10-19)7-15(13)16/h1-10H. The Morgan fingerprint density at radius 3 is 2.53 bits per heavy atom. The van der Waals surface area contributed by atoms with E-state index in [-0.39, 0.29) is 0 Å². The minimum Gasteiger partial charge on any atom is -0.298 e. The van der Waals surface area contributed by atoms with Crippen LogP contribution in [-0.2, 0) is 0 Å². The summed E-state index contributed by atoms with van der Waals surface area (Å²) in [5.74, 6) is 0. The first-order valence-corrected chi connectivity index (χ1v) is 6.24. The number of fused-ring (bicyclic) bond motifs is 1. The lowest BCUT2D eigenvalue weighted by Gasteiger charge is -2.07. The SMILES string of the molecule is O=Cc1ccc2cncc(-c3ccc(Cl)cc3)c2c1. The molecule has 0 atom stereocenters. The zero-order valence-corrected chi connectivity index (χ0v) is 10.8. The van der Waals surface area contributed by atoms with Crippen molar-refractivity contribution in [3.63, 3.8) is 0 Å². The van der Waals surface area contributed by atoms with Crippen LogP contribution in [0.25, 0.3) is 21.9 Å². The predicted octanol–water partition coefficient (Wildman–Crippen LogP) is 4.37. The number of hydrogen-bond acceptors (Lipinski definition) is 2. The van der Waals surface area contributed by atoms with E-state index in [0.29, 0.717) is 10.6 Å². The molecule has 0 unspecified atom stereocenters. The average Bonchev–Trinajstić information content (AvgIpc) is 2.47. The molecule has 19 heavy (non-hydrogen) atoms. The zero-order valence-electron chi connectivity index (χ0n) is 10.0. The molecule has 0 spiro atoms. The second-order valence-corrected chi connectivity index (χ2v) is 4.73. The topological polar surface area (TPSA) is 30.0 Å². The van der Waals surface area contributed by atoms with Crippen molar-refractivity contribution in [3.8, 4) is 11.1 Å². The lowest BCUT2D eigenvalue weighted by molar-refractivity contribution is 0.112. The highest BCUT2D eigenvalue weighted by Gasteiger charge is 2.05. The van der Waals surface area contributed by atoms with Gasteiger partial charge in [-0.1, -0.05) is 35.9 Å². The van der Waals surface area contributed by atoms with Gasteiger partial charge in [0.1, 0.15) is 6.29 Å². The summed E-state index contributed by atoms with van der Waals surface area (Å²) < 4.78 is 0.